The van der Waals surface area contributed by atoms with Crippen molar-refractivity contribution in [1.29, 1.82) is 0 Å². The minimum atomic E-state index is -0.366. The first-order valence-corrected chi connectivity index (χ1v) is 6.23. The summed E-state index contributed by atoms with van der Waals surface area (Å²) in [5.41, 5.74) is -0.366. The van der Waals surface area contributed by atoms with Gasteiger partial charge in [0.2, 0.25) is 0 Å². The highest BCUT2D eigenvalue weighted by molar-refractivity contribution is 9.10. The van der Waals surface area contributed by atoms with Gasteiger partial charge >= 0.3 is 0 Å². The fraction of sp³-hybridized carbons (Fsp3) is 0.636. The van der Waals surface area contributed by atoms with Gasteiger partial charge in [0, 0.05) is 12.0 Å². The molecule has 1 aromatic rings. The van der Waals surface area contributed by atoms with Crippen molar-refractivity contribution in [1.82, 2.24) is 9.97 Å². The molecule has 0 amide bonds. The van der Waals surface area contributed by atoms with E-state index in [0.717, 1.165) is 16.2 Å². The second-order valence-corrected chi connectivity index (χ2v) is 5.69. The first kappa shape index (κ1) is 11.8. The predicted molar refractivity (Wildman–Crippen MR) is 66.5 cm³/mol. The van der Waals surface area contributed by atoms with Gasteiger partial charge in [0.1, 0.15) is 16.2 Å². The number of anilines is 1. The largest absolute Gasteiger partial charge is 0.394 e. The van der Waals surface area contributed by atoms with Crippen LogP contribution in [-0.4, -0.2) is 27.2 Å². The molecule has 5 heteroatoms. The maximum atomic E-state index is 9.20. The molecule has 1 aliphatic carbocycles. The van der Waals surface area contributed by atoms with Gasteiger partial charge in [0.15, 0.2) is 0 Å². The minimum Gasteiger partial charge on any atom is -0.394 e. The SMILES string of the molecule is CC(C)(CO)Nc1cc(Br)nc(C2CC2)n1. The number of hydrogen-bond donors (Lipinski definition) is 2. The molecule has 16 heavy (non-hydrogen) atoms. The zero-order valence-corrected chi connectivity index (χ0v) is 11.1. The molecule has 2 rings (SSSR count). The summed E-state index contributed by atoms with van der Waals surface area (Å²) in [7, 11) is 0. The van der Waals surface area contributed by atoms with Gasteiger partial charge in [-0.15, -0.1) is 0 Å². The van der Waals surface area contributed by atoms with Crippen LogP contribution in [0.15, 0.2) is 10.7 Å². The van der Waals surface area contributed by atoms with E-state index in [0.29, 0.717) is 5.92 Å². The van der Waals surface area contributed by atoms with Gasteiger partial charge in [-0.25, -0.2) is 9.97 Å². The molecule has 4 nitrogen and oxygen atoms in total. The summed E-state index contributed by atoms with van der Waals surface area (Å²) in [5, 5.41) is 12.4. The lowest BCUT2D eigenvalue weighted by atomic mass is 10.1. The van der Waals surface area contributed by atoms with E-state index in [9.17, 15) is 5.11 Å². The van der Waals surface area contributed by atoms with Crippen LogP contribution in [-0.2, 0) is 0 Å². The molecule has 0 aromatic carbocycles. The molecule has 1 heterocycles. The summed E-state index contributed by atoms with van der Waals surface area (Å²) in [6.07, 6.45) is 2.36. The van der Waals surface area contributed by atoms with Crippen molar-refractivity contribution in [2.75, 3.05) is 11.9 Å². The molecule has 0 bridgehead atoms. The van der Waals surface area contributed by atoms with Crippen LogP contribution >= 0.6 is 15.9 Å². The maximum Gasteiger partial charge on any atom is 0.135 e. The fourth-order valence-corrected chi connectivity index (χ4v) is 1.81. The normalized spacial score (nSPS) is 16.2. The Hall–Kier alpha value is -0.680. The number of aromatic nitrogens is 2. The summed E-state index contributed by atoms with van der Waals surface area (Å²) in [5.74, 6) is 2.18. The predicted octanol–water partition coefficient (Wildman–Crippen LogP) is 2.30. The number of aliphatic hydroxyl groups is 1. The number of aliphatic hydroxyl groups excluding tert-OH is 1. The second kappa shape index (κ2) is 4.30. The lowest BCUT2D eigenvalue weighted by Crippen LogP contribution is -2.35. The van der Waals surface area contributed by atoms with Crippen LogP contribution in [0.25, 0.3) is 0 Å². The Labute approximate surface area is 104 Å². The molecule has 0 spiro atoms. The number of rotatable bonds is 4. The van der Waals surface area contributed by atoms with E-state index in [2.05, 4.69) is 31.2 Å². The van der Waals surface area contributed by atoms with E-state index >= 15 is 0 Å². The summed E-state index contributed by atoms with van der Waals surface area (Å²) >= 11 is 3.38. The van der Waals surface area contributed by atoms with Crippen LogP contribution in [0.3, 0.4) is 0 Å². The standard InChI is InChI=1S/C11H16BrN3O/c1-11(2,6-16)15-9-5-8(12)13-10(14-9)7-3-4-7/h5,7,16H,3-4,6H2,1-2H3,(H,13,14,15). The highest BCUT2D eigenvalue weighted by atomic mass is 79.9. The Morgan fingerprint density at radius 1 is 1.50 bits per heavy atom. The number of hydrogen-bond acceptors (Lipinski definition) is 4. The molecule has 0 saturated heterocycles. The minimum absolute atomic E-state index is 0.0629. The molecule has 0 aliphatic heterocycles. The molecule has 1 aliphatic rings. The third-order valence-corrected chi connectivity index (χ3v) is 2.92. The third-order valence-electron chi connectivity index (χ3n) is 2.52. The quantitative estimate of drug-likeness (QED) is 0.834. The van der Waals surface area contributed by atoms with Crippen LogP contribution in [0, 0.1) is 0 Å². The van der Waals surface area contributed by atoms with E-state index in [1.165, 1.54) is 12.8 Å². The van der Waals surface area contributed by atoms with Gasteiger partial charge < -0.3 is 10.4 Å². The zero-order valence-electron chi connectivity index (χ0n) is 9.50. The van der Waals surface area contributed by atoms with Crippen LogP contribution in [0.1, 0.15) is 38.4 Å². The molecule has 88 valence electrons. The number of halogens is 1. The highest BCUT2D eigenvalue weighted by Gasteiger charge is 2.27. The first-order valence-electron chi connectivity index (χ1n) is 5.44. The van der Waals surface area contributed by atoms with Crippen molar-refractivity contribution in [3.05, 3.63) is 16.5 Å². The molecule has 0 atom stereocenters. The summed E-state index contributed by atoms with van der Waals surface area (Å²) in [4.78, 5) is 8.82. The summed E-state index contributed by atoms with van der Waals surface area (Å²) in [6, 6.07) is 1.84. The first-order chi connectivity index (χ1) is 7.50. The monoisotopic (exact) mass is 285 g/mol. The summed E-state index contributed by atoms with van der Waals surface area (Å²) in [6.45, 7) is 3.92. The van der Waals surface area contributed by atoms with Gasteiger partial charge in [-0.3, -0.25) is 0 Å². The molecule has 0 radical (unpaired) electrons. The molecule has 0 unspecified atom stereocenters. The van der Waals surface area contributed by atoms with E-state index in [-0.39, 0.29) is 12.1 Å². The van der Waals surface area contributed by atoms with Crippen LogP contribution in [0.4, 0.5) is 5.82 Å². The van der Waals surface area contributed by atoms with Crippen LogP contribution in [0.5, 0.6) is 0 Å². The smallest absolute Gasteiger partial charge is 0.135 e. The summed E-state index contributed by atoms with van der Waals surface area (Å²) < 4.78 is 0.792. The van der Waals surface area contributed by atoms with Crippen molar-refractivity contribution in [3.8, 4) is 0 Å². The second-order valence-electron chi connectivity index (χ2n) is 4.88. The van der Waals surface area contributed by atoms with Crippen molar-refractivity contribution in [2.24, 2.45) is 0 Å². The van der Waals surface area contributed by atoms with Gasteiger partial charge in [-0.2, -0.15) is 0 Å². The number of nitrogens with zero attached hydrogens (tertiary/aromatic N) is 2. The van der Waals surface area contributed by atoms with Crippen LogP contribution < -0.4 is 5.32 Å². The average Bonchev–Trinajstić information content (AvgIpc) is 2.99. The average molecular weight is 286 g/mol. The molecule has 2 N–H and O–H groups in total. The van der Waals surface area contributed by atoms with Gasteiger partial charge in [-0.05, 0) is 42.6 Å². The Morgan fingerprint density at radius 2 is 2.19 bits per heavy atom. The van der Waals surface area contributed by atoms with Crippen molar-refractivity contribution >= 4 is 21.7 Å². The fourth-order valence-electron chi connectivity index (χ4n) is 1.41. The van der Waals surface area contributed by atoms with Crippen molar-refractivity contribution < 1.29 is 5.11 Å². The molecule has 1 fully saturated rings. The Balaban J connectivity index is 2.20. The third kappa shape index (κ3) is 2.92. The topological polar surface area (TPSA) is 58.0 Å². The van der Waals surface area contributed by atoms with E-state index in [1.54, 1.807) is 0 Å². The van der Waals surface area contributed by atoms with E-state index in [4.69, 9.17) is 0 Å². The molecular weight excluding hydrogens is 270 g/mol. The van der Waals surface area contributed by atoms with E-state index < -0.39 is 0 Å². The number of nitrogens with one attached hydrogen (secondary N) is 1. The highest BCUT2D eigenvalue weighted by Crippen LogP contribution is 2.38. The Bertz CT molecular complexity index is 391. The Kier molecular flexibility index (Phi) is 3.17. The van der Waals surface area contributed by atoms with Gasteiger partial charge in [0.25, 0.3) is 0 Å². The van der Waals surface area contributed by atoms with E-state index in [1.807, 2.05) is 19.9 Å². The van der Waals surface area contributed by atoms with Gasteiger partial charge in [-0.1, -0.05) is 0 Å². The lowest BCUT2D eigenvalue weighted by molar-refractivity contribution is 0.234. The maximum absolute atomic E-state index is 9.20. The zero-order chi connectivity index (χ0) is 11.8. The van der Waals surface area contributed by atoms with Crippen LogP contribution in [0.2, 0.25) is 0 Å². The Morgan fingerprint density at radius 3 is 2.75 bits per heavy atom. The van der Waals surface area contributed by atoms with Crippen molar-refractivity contribution in [3.63, 3.8) is 0 Å². The molecule has 1 aromatic heterocycles. The molecule has 1 saturated carbocycles. The van der Waals surface area contributed by atoms with Crippen molar-refractivity contribution in [2.45, 2.75) is 38.1 Å². The van der Waals surface area contributed by atoms with Gasteiger partial charge in [0.05, 0.1) is 12.1 Å². The molecular formula is C11H16BrN3O. The lowest BCUT2D eigenvalue weighted by Gasteiger charge is -2.24.